The zero-order chi connectivity index (χ0) is 26.0. The van der Waals surface area contributed by atoms with E-state index in [4.69, 9.17) is 22.3 Å². The largest absolute Gasteiger partial charge is 0.382 e. The van der Waals surface area contributed by atoms with Crippen LogP contribution in [0.3, 0.4) is 0 Å². The van der Waals surface area contributed by atoms with E-state index in [0.29, 0.717) is 36.5 Å². The van der Waals surface area contributed by atoms with Crippen LogP contribution in [0.4, 0.5) is 8.78 Å². The number of aliphatic imine (C=N–C) groups is 1. The fraction of sp³-hybridized carbons (Fsp3) is 0.481. The quantitative estimate of drug-likeness (QED) is 0.550. The Morgan fingerprint density at radius 2 is 2.06 bits per heavy atom. The Morgan fingerprint density at radius 1 is 1.28 bits per heavy atom. The molecule has 6 nitrogen and oxygen atoms in total. The molecule has 36 heavy (non-hydrogen) atoms. The maximum Gasteiger partial charge on any atom is 0.143 e. The summed E-state index contributed by atoms with van der Waals surface area (Å²) in [6.07, 6.45) is 4.64. The summed E-state index contributed by atoms with van der Waals surface area (Å²) in [6.45, 7) is 6.15. The lowest BCUT2D eigenvalue weighted by Crippen LogP contribution is -2.42. The summed E-state index contributed by atoms with van der Waals surface area (Å²) in [4.78, 5) is 13.2. The molecule has 0 amide bonds. The van der Waals surface area contributed by atoms with Gasteiger partial charge in [-0.3, -0.25) is 0 Å². The monoisotopic (exact) mass is 516 g/mol. The summed E-state index contributed by atoms with van der Waals surface area (Å²) in [5.74, 6) is 0.403. The number of piperidine rings is 1. The molecule has 0 spiro atoms. The molecule has 0 radical (unpaired) electrons. The molecule has 1 aromatic carbocycles. The Balaban J connectivity index is 1.61. The van der Waals surface area contributed by atoms with Crippen LogP contribution in [0.15, 0.2) is 51.9 Å². The van der Waals surface area contributed by atoms with Crippen molar-refractivity contribution in [3.8, 4) is 11.3 Å². The van der Waals surface area contributed by atoms with Gasteiger partial charge in [0.2, 0.25) is 0 Å². The van der Waals surface area contributed by atoms with Gasteiger partial charge in [-0.05, 0) is 63.2 Å². The predicted octanol–water partition coefficient (Wildman–Crippen LogP) is 5.19. The molecule has 0 aliphatic carbocycles. The van der Waals surface area contributed by atoms with Crippen molar-refractivity contribution in [1.82, 2.24) is 19.4 Å². The van der Waals surface area contributed by atoms with E-state index in [1.54, 1.807) is 25.3 Å². The van der Waals surface area contributed by atoms with Gasteiger partial charge in [0, 0.05) is 56.3 Å². The van der Waals surface area contributed by atoms with Crippen molar-refractivity contribution in [2.75, 3.05) is 33.7 Å². The van der Waals surface area contributed by atoms with Crippen LogP contribution in [0.25, 0.3) is 11.3 Å². The highest BCUT2D eigenvalue weighted by Crippen LogP contribution is 2.36. The minimum atomic E-state index is -1.13. The minimum absolute atomic E-state index is 0.214. The second kappa shape index (κ2) is 11.1. The van der Waals surface area contributed by atoms with Gasteiger partial charge in [0.05, 0.1) is 11.6 Å². The average molecular weight is 517 g/mol. The molecular formula is C27H35ClF2N6. The highest BCUT2D eigenvalue weighted by atomic mass is 35.5. The van der Waals surface area contributed by atoms with Crippen LogP contribution in [0, 0.1) is 12.7 Å². The number of alkyl halides is 1. The smallest absolute Gasteiger partial charge is 0.143 e. The van der Waals surface area contributed by atoms with E-state index in [-0.39, 0.29) is 24.1 Å². The van der Waals surface area contributed by atoms with E-state index in [1.807, 2.05) is 25.2 Å². The molecule has 0 bridgehead atoms. The molecule has 2 aliphatic heterocycles. The minimum Gasteiger partial charge on any atom is -0.382 e. The second-order valence-corrected chi connectivity index (χ2v) is 10.3. The molecule has 1 fully saturated rings. The van der Waals surface area contributed by atoms with E-state index in [2.05, 4.69) is 21.4 Å². The third kappa shape index (κ3) is 5.65. The topological polar surface area (TPSA) is 62.7 Å². The number of rotatable bonds is 7. The van der Waals surface area contributed by atoms with Crippen molar-refractivity contribution in [2.24, 2.45) is 10.7 Å². The van der Waals surface area contributed by atoms with Crippen molar-refractivity contribution in [1.29, 1.82) is 0 Å². The third-order valence-corrected chi connectivity index (χ3v) is 7.43. The first kappa shape index (κ1) is 26.4. The van der Waals surface area contributed by atoms with E-state index >= 15 is 4.39 Å². The first-order valence-electron chi connectivity index (χ1n) is 12.5. The Morgan fingerprint density at radius 3 is 2.72 bits per heavy atom. The number of aryl methyl sites for hydroxylation is 1. The number of aromatic nitrogens is 2. The van der Waals surface area contributed by atoms with Crippen LogP contribution in [-0.2, 0) is 6.54 Å². The Bertz CT molecular complexity index is 1200. The highest BCUT2D eigenvalue weighted by molar-refractivity contribution is 6.43. The Hall–Kier alpha value is -2.71. The normalized spacial score (nSPS) is 21.1. The van der Waals surface area contributed by atoms with Crippen LogP contribution < -0.4 is 5.73 Å². The van der Waals surface area contributed by atoms with Gasteiger partial charge in [-0.1, -0.05) is 18.5 Å². The molecule has 0 saturated carbocycles. The van der Waals surface area contributed by atoms with Crippen molar-refractivity contribution in [2.45, 2.75) is 51.7 Å². The summed E-state index contributed by atoms with van der Waals surface area (Å²) < 4.78 is 31.8. The first-order chi connectivity index (χ1) is 17.2. The fourth-order valence-electron chi connectivity index (χ4n) is 4.77. The zero-order valence-corrected chi connectivity index (χ0v) is 22.2. The van der Waals surface area contributed by atoms with E-state index in [9.17, 15) is 4.39 Å². The Kier molecular flexibility index (Phi) is 8.15. The van der Waals surface area contributed by atoms with Gasteiger partial charge in [0.15, 0.2) is 0 Å². The average Bonchev–Trinajstić information content (AvgIpc) is 3.21. The summed E-state index contributed by atoms with van der Waals surface area (Å²) >= 11 is 6.56. The molecule has 2 aliphatic rings. The molecule has 194 valence electrons. The second-order valence-electron chi connectivity index (χ2n) is 9.89. The van der Waals surface area contributed by atoms with Crippen LogP contribution in [0.2, 0.25) is 0 Å². The van der Waals surface area contributed by atoms with Crippen molar-refractivity contribution < 1.29 is 8.78 Å². The SMILES string of the molecule is CCC1=CN=C(N)C(Cl)=C(N2CCC(c3nc(-c4ccc(F)c(C)c4)cn3CCN(C)C)C(F)C2)C1. The zero-order valence-electron chi connectivity index (χ0n) is 21.4. The molecular weight excluding hydrogens is 482 g/mol. The lowest BCUT2D eigenvalue weighted by Gasteiger charge is -2.38. The molecule has 2 atom stereocenters. The van der Waals surface area contributed by atoms with E-state index < -0.39 is 6.17 Å². The molecule has 2 aromatic rings. The number of imidazole rings is 1. The molecule has 1 aromatic heterocycles. The third-order valence-electron chi connectivity index (χ3n) is 7.02. The number of likely N-dealkylation sites (tertiary alicyclic amines) is 1. The predicted molar refractivity (Wildman–Crippen MR) is 142 cm³/mol. The van der Waals surface area contributed by atoms with Gasteiger partial charge < -0.3 is 20.1 Å². The highest BCUT2D eigenvalue weighted by Gasteiger charge is 2.35. The number of likely N-dealkylation sites (N-methyl/N-ethyl adjacent to an activating group) is 1. The van der Waals surface area contributed by atoms with Crippen molar-refractivity contribution in [3.05, 3.63) is 64.1 Å². The molecule has 9 heteroatoms. The van der Waals surface area contributed by atoms with Gasteiger partial charge in [-0.2, -0.15) is 0 Å². The van der Waals surface area contributed by atoms with Crippen LogP contribution >= 0.6 is 11.6 Å². The maximum atomic E-state index is 15.9. The summed E-state index contributed by atoms with van der Waals surface area (Å²) in [7, 11) is 4.02. The Labute approximate surface area is 217 Å². The number of benzene rings is 1. The lowest BCUT2D eigenvalue weighted by molar-refractivity contribution is 0.136. The van der Waals surface area contributed by atoms with Gasteiger partial charge >= 0.3 is 0 Å². The summed E-state index contributed by atoms with van der Waals surface area (Å²) in [5, 5.41) is 0.404. The van der Waals surface area contributed by atoms with E-state index in [1.165, 1.54) is 6.07 Å². The first-order valence-corrected chi connectivity index (χ1v) is 12.8. The summed E-state index contributed by atoms with van der Waals surface area (Å²) in [5.41, 5.74) is 10.1. The number of nitrogens with zero attached hydrogens (tertiary/aromatic N) is 5. The molecule has 2 unspecified atom stereocenters. The lowest BCUT2D eigenvalue weighted by atomic mass is 9.92. The number of allylic oxidation sites excluding steroid dienone is 1. The van der Waals surface area contributed by atoms with Crippen molar-refractivity contribution in [3.63, 3.8) is 0 Å². The van der Waals surface area contributed by atoms with Crippen LogP contribution in [-0.4, -0.2) is 65.1 Å². The van der Waals surface area contributed by atoms with Gasteiger partial charge in [-0.25, -0.2) is 18.8 Å². The number of hydrogen-bond donors (Lipinski definition) is 1. The molecule has 1 saturated heterocycles. The molecule has 2 N–H and O–H groups in total. The maximum absolute atomic E-state index is 15.9. The molecule has 4 rings (SSSR count). The van der Waals surface area contributed by atoms with Gasteiger partial charge in [-0.15, -0.1) is 0 Å². The van der Waals surface area contributed by atoms with Crippen LogP contribution in [0.1, 0.15) is 43.5 Å². The van der Waals surface area contributed by atoms with Crippen LogP contribution in [0.5, 0.6) is 0 Å². The van der Waals surface area contributed by atoms with Gasteiger partial charge in [0.25, 0.3) is 0 Å². The fourth-order valence-corrected chi connectivity index (χ4v) is 5.00. The molecule has 3 heterocycles. The van der Waals surface area contributed by atoms with Crippen molar-refractivity contribution >= 4 is 17.4 Å². The standard InChI is InChI=1S/C27H35ClF2N6/c1-5-18-13-24(25(28)26(31)32-14-18)35-9-8-20(22(30)15-35)27-33-23(16-36(27)11-10-34(3)4)19-6-7-21(29)17(2)12-19/h6-7,12,14,16,20,22H,5,8-11,13,15H2,1-4H3,(H2,31,32). The van der Waals surface area contributed by atoms with Gasteiger partial charge in [0.1, 0.15) is 28.7 Å². The number of halogens is 3. The van der Waals surface area contributed by atoms with E-state index in [0.717, 1.165) is 41.3 Å². The summed E-state index contributed by atoms with van der Waals surface area (Å²) in [6, 6.07) is 4.97. The number of nitrogens with two attached hydrogens (primary N) is 1. The number of hydrogen-bond acceptors (Lipinski definition) is 5. The number of amidine groups is 1.